The largest absolute Gasteiger partial charge is 0.264 e. The van der Waals surface area contributed by atoms with Crippen molar-refractivity contribution in [2.24, 2.45) is 0 Å². The number of pyridine rings is 2. The fourth-order valence-electron chi connectivity index (χ4n) is 8.91. The number of benzene rings is 7. The summed E-state index contributed by atoms with van der Waals surface area (Å²) >= 11 is 0. The lowest BCUT2D eigenvalue weighted by Gasteiger charge is -2.16. The Hall–Kier alpha value is -9.00. The molecule has 68 heavy (non-hydrogen) atoms. The number of aromatic nitrogens is 6. The van der Waals surface area contributed by atoms with E-state index in [9.17, 15) is 0 Å². The molecule has 0 bridgehead atoms. The van der Waals surface area contributed by atoms with E-state index in [0.717, 1.165) is 112 Å². The maximum atomic E-state index is 5.30. The molecule has 4 heterocycles. The lowest BCUT2D eigenvalue weighted by Crippen LogP contribution is -1.97. The summed E-state index contributed by atoms with van der Waals surface area (Å²) in [4.78, 5) is 29.9. The minimum Gasteiger partial charge on any atom is -0.264 e. The highest BCUT2D eigenvalue weighted by atomic mass is 14.9. The molecule has 0 atom stereocenters. The summed E-state index contributed by atoms with van der Waals surface area (Å²) in [6.45, 7) is 4.11. The van der Waals surface area contributed by atoms with Crippen molar-refractivity contribution in [3.63, 3.8) is 0 Å². The summed E-state index contributed by atoms with van der Waals surface area (Å²) in [7, 11) is 0. The Morgan fingerprint density at radius 1 is 0.250 bits per heavy atom. The molecule has 0 N–H and O–H groups in total. The Kier molecular flexibility index (Phi) is 11.3. The van der Waals surface area contributed by atoms with E-state index in [1.165, 1.54) is 0 Å². The van der Waals surface area contributed by atoms with Gasteiger partial charge in [-0.3, -0.25) is 9.97 Å². The molecule has 0 fully saturated rings. The first-order valence-electron chi connectivity index (χ1n) is 22.7. The zero-order valence-corrected chi connectivity index (χ0v) is 37.6. The van der Waals surface area contributed by atoms with E-state index in [0.29, 0.717) is 11.6 Å². The van der Waals surface area contributed by atoms with E-state index in [2.05, 4.69) is 177 Å². The molecule has 11 rings (SSSR count). The van der Waals surface area contributed by atoms with E-state index < -0.39 is 0 Å². The molecule has 0 amide bonds. The van der Waals surface area contributed by atoms with Gasteiger partial charge in [0.05, 0.1) is 22.8 Å². The van der Waals surface area contributed by atoms with Gasteiger partial charge in [0.1, 0.15) is 0 Å². The number of nitrogens with zero attached hydrogens (tertiary/aromatic N) is 6. The average molecular weight is 873 g/mol. The summed E-state index contributed by atoms with van der Waals surface area (Å²) in [6, 6.07) is 75.7. The zero-order chi connectivity index (χ0) is 45.8. The number of hydrogen-bond donors (Lipinski definition) is 0. The van der Waals surface area contributed by atoms with Crippen LogP contribution in [0.5, 0.6) is 0 Å². The van der Waals surface area contributed by atoms with Gasteiger partial charge in [-0.1, -0.05) is 170 Å². The predicted octanol–water partition coefficient (Wildman–Crippen LogP) is 15.3. The van der Waals surface area contributed by atoms with Crippen LogP contribution in [0.25, 0.3) is 112 Å². The van der Waals surface area contributed by atoms with Gasteiger partial charge >= 0.3 is 0 Å². The van der Waals surface area contributed by atoms with Crippen LogP contribution < -0.4 is 0 Å². The highest BCUT2D eigenvalue weighted by Crippen LogP contribution is 2.40. The van der Waals surface area contributed by atoms with Gasteiger partial charge in [-0.25, -0.2) is 19.9 Å². The van der Waals surface area contributed by atoms with Gasteiger partial charge in [-0.2, -0.15) is 0 Å². The minimum absolute atomic E-state index is 0.645. The molecule has 6 heteroatoms. The Morgan fingerprint density at radius 3 is 1.38 bits per heavy atom. The van der Waals surface area contributed by atoms with E-state index in [1.807, 2.05) is 66.9 Å². The molecule has 0 radical (unpaired) electrons. The maximum Gasteiger partial charge on any atom is 0.160 e. The van der Waals surface area contributed by atoms with Crippen LogP contribution in [-0.4, -0.2) is 29.9 Å². The van der Waals surface area contributed by atoms with Gasteiger partial charge < -0.3 is 0 Å². The number of rotatable bonds is 10. The van der Waals surface area contributed by atoms with Crippen LogP contribution in [0.15, 0.2) is 231 Å². The first kappa shape index (κ1) is 41.7. The summed E-state index contributed by atoms with van der Waals surface area (Å²) in [6.07, 6.45) is 3.70. The fourth-order valence-corrected chi connectivity index (χ4v) is 8.91. The molecule has 0 saturated heterocycles. The quantitative estimate of drug-likeness (QED) is 0.136. The second-order valence-corrected chi connectivity index (χ2v) is 16.9. The topological polar surface area (TPSA) is 77.3 Å². The third-order valence-corrected chi connectivity index (χ3v) is 12.1. The van der Waals surface area contributed by atoms with Gasteiger partial charge in [0, 0.05) is 62.7 Å². The van der Waals surface area contributed by atoms with Crippen molar-refractivity contribution in [3.8, 4) is 112 Å². The molecule has 11 aromatic rings. The van der Waals surface area contributed by atoms with Crippen molar-refractivity contribution in [1.29, 1.82) is 0 Å². The molecule has 322 valence electrons. The van der Waals surface area contributed by atoms with Crippen LogP contribution >= 0.6 is 0 Å². The predicted molar refractivity (Wildman–Crippen MR) is 277 cm³/mol. The van der Waals surface area contributed by atoms with Gasteiger partial charge in [0.25, 0.3) is 0 Å². The molecule has 0 aliphatic rings. The number of hydrogen-bond acceptors (Lipinski definition) is 6. The minimum atomic E-state index is 0.645. The fraction of sp³-hybridized carbons (Fsp3) is 0.0323. The Labute approximate surface area is 396 Å². The third-order valence-electron chi connectivity index (χ3n) is 12.1. The molecule has 0 unspecified atom stereocenters. The average Bonchev–Trinajstić information content (AvgIpc) is 3.41. The highest BCUT2D eigenvalue weighted by molar-refractivity contribution is 5.90. The lowest BCUT2D eigenvalue weighted by atomic mass is 9.89. The third kappa shape index (κ3) is 8.74. The second kappa shape index (κ2) is 18.5. The first-order valence-corrected chi connectivity index (χ1v) is 22.7. The Balaban J connectivity index is 1.04. The summed E-state index contributed by atoms with van der Waals surface area (Å²) in [5.74, 6) is 1.33. The van der Waals surface area contributed by atoms with Crippen molar-refractivity contribution in [3.05, 3.63) is 242 Å². The molecule has 0 spiro atoms. The van der Waals surface area contributed by atoms with Crippen LogP contribution in [0.3, 0.4) is 0 Å². The van der Waals surface area contributed by atoms with Gasteiger partial charge in [0.15, 0.2) is 11.6 Å². The van der Waals surface area contributed by atoms with Crippen molar-refractivity contribution >= 4 is 0 Å². The van der Waals surface area contributed by atoms with E-state index >= 15 is 0 Å². The van der Waals surface area contributed by atoms with Crippen molar-refractivity contribution in [2.75, 3.05) is 0 Å². The first-order chi connectivity index (χ1) is 33.5. The summed E-state index contributed by atoms with van der Waals surface area (Å²) in [5.41, 5.74) is 19.9. The van der Waals surface area contributed by atoms with Crippen LogP contribution in [0.2, 0.25) is 0 Å². The highest BCUT2D eigenvalue weighted by Gasteiger charge is 2.18. The summed E-state index contributed by atoms with van der Waals surface area (Å²) < 4.78 is 0. The summed E-state index contributed by atoms with van der Waals surface area (Å²) in [5, 5.41) is 0. The molecule has 4 aromatic heterocycles. The lowest BCUT2D eigenvalue weighted by molar-refractivity contribution is 1.12. The van der Waals surface area contributed by atoms with E-state index in [1.54, 1.807) is 6.20 Å². The van der Waals surface area contributed by atoms with E-state index in [4.69, 9.17) is 24.9 Å². The van der Waals surface area contributed by atoms with Crippen molar-refractivity contribution in [1.82, 2.24) is 29.9 Å². The zero-order valence-electron chi connectivity index (χ0n) is 37.6. The second-order valence-electron chi connectivity index (χ2n) is 16.9. The molecular weight excluding hydrogens is 829 g/mol. The van der Waals surface area contributed by atoms with Gasteiger partial charge in [-0.05, 0) is 101 Å². The molecule has 6 nitrogen and oxygen atoms in total. The maximum absolute atomic E-state index is 5.30. The van der Waals surface area contributed by atoms with Gasteiger partial charge in [-0.15, -0.1) is 0 Å². The Morgan fingerprint density at radius 2 is 0.721 bits per heavy atom. The smallest absolute Gasteiger partial charge is 0.160 e. The molecular formula is C62H44N6. The Bertz CT molecular complexity index is 3500. The van der Waals surface area contributed by atoms with Crippen molar-refractivity contribution < 1.29 is 0 Å². The normalized spacial score (nSPS) is 11.1. The van der Waals surface area contributed by atoms with Crippen molar-refractivity contribution in [2.45, 2.75) is 13.8 Å². The van der Waals surface area contributed by atoms with Gasteiger partial charge in [0.2, 0.25) is 0 Å². The molecule has 0 aliphatic carbocycles. The molecule has 0 aliphatic heterocycles. The number of aryl methyl sites for hydroxylation is 2. The molecule has 7 aromatic carbocycles. The van der Waals surface area contributed by atoms with Crippen LogP contribution in [-0.2, 0) is 0 Å². The van der Waals surface area contributed by atoms with E-state index in [-0.39, 0.29) is 0 Å². The SMILES string of the molecule is Cc1cc(-c2ccc(-c3cccc(-c4nc(-c5ccccc5)cc(-c5ccccc5-c5cccnc5)n4)c3)cc2-c2cccc(-c3cc(-c4ccccc4)nc(-c4ccccc4)n3)c2)cc(C)n1. The van der Waals surface area contributed by atoms with Crippen LogP contribution in [0, 0.1) is 13.8 Å². The monoisotopic (exact) mass is 872 g/mol. The van der Waals surface area contributed by atoms with Crippen LogP contribution in [0.1, 0.15) is 11.4 Å². The standard InChI is InChI=1S/C62H44N6/c1-41-33-52(34-42(2)64-41)54-31-30-47(37-56(54)48-24-15-25-49(36-48)59-38-57(43-17-6-3-7-18-43)65-61(67-59)45-21-10-5-11-22-45)46-23-14-26-50(35-46)62-66-58(44-19-8-4-9-20-44)39-60(68-62)55-29-13-12-28-53(55)51-27-16-32-63-40-51/h3-40H,1-2H3. The molecule has 0 saturated carbocycles. The van der Waals surface area contributed by atoms with Crippen LogP contribution in [0.4, 0.5) is 0 Å².